The van der Waals surface area contributed by atoms with Crippen molar-refractivity contribution in [2.24, 2.45) is 0 Å². The van der Waals surface area contributed by atoms with E-state index in [9.17, 15) is 0 Å². The number of nitrogens with zero attached hydrogens (tertiary/aromatic N) is 3. The van der Waals surface area contributed by atoms with Gasteiger partial charge in [0.15, 0.2) is 0 Å². The molecule has 1 aliphatic rings. The van der Waals surface area contributed by atoms with Crippen molar-refractivity contribution < 1.29 is 14.0 Å². The van der Waals surface area contributed by atoms with E-state index in [-0.39, 0.29) is 0 Å². The summed E-state index contributed by atoms with van der Waals surface area (Å²) in [6.07, 6.45) is 1.91. The Morgan fingerprint density at radius 2 is 1.79 bits per heavy atom. The van der Waals surface area contributed by atoms with Gasteiger partial charge in [-0.05, 0) is 25.0 Å². The second-order valence-corrected chi connectivity index (χ2v) is 7.35. The number of piperidine rings is 1. The highest BCUT2D eigenvalue weighted by atomic mass is 35.5. The third-order valence-electron chi connectivity index (χ3n) is 4.99. The van der Waals surface area contributed by atoms with E-state index in [1.165, 1.54) is 0 Å². The predicted molar refractivity (Wildman–Crippen MR) is 113 cm³/mol. The molecular weight excluding hydrogens is 392 g/mol. The summed E-state index contributed by atoms with van der Waals surface area (Å²) < 4.78 is 16.2. The van der Waals surface area contributed by atoms with E-state index in [4.69, 9.17) is 25.6 Å². The lowest BCUT2D eigenvalue weighted by atomic mass is 10.0. The van der Waals surface area contributed by atoms with Crippen LogP contribution in [-0.2, 0) is 0 Å². The molecular formula is C21H23ClN4O3. The molecule has 1 N–H and O–H groups in total. The van der Waals surface area contributed by atoms with Gasteiger partial charge in [0.2, 0.25) is 5.82 Å². The third kappa shape index (κ3) is 4.56. The molecule has 8 heteroatoms. The number of rotatable bonds is 6. The summed E-state index contributed by atoms with van der Waals surface area (Å²) in [6, 6.07) is 14.1. The molecule has 3 aromatic rings. The quantitative estimate of drug-likeness (QED) is 0.637. The number of ether oxygens (including phenoxy) is 2. The van der Waals surface area contributed by atoms with Gasteiger partial charge >= 0.3 is 6.01 Å². The molecule has 2 aromatic carbocycles. The summed E-state index contributed by atoms with van der Waals surface area (Å²) in [5, 5.41) is 8.32. The van der Waals surface area contributed by atoms with Crippen LogP contribution in [0, 0.1) is 0 Å². The first-order chi connectivity index (χ1) is 14.1. The Labute approximate surface area is 174 Å². The summed E-state index contributed by atoms with van der Waals surface area (Å²) in [7, 11) is 3.30. The number of methoxy groups -OCH3 is 2. The van der Waals surface area contributed by atoms with Gasteiger partial charge in [-0.3, -0.25) is 0 Å². The fourth-order valence-electron chi connectivity index (χ4n) is 3.43. The molecule has 1 aliphatic heterocycles. The monoisotopic (exact) mass is 414 g/mol. The molecule has 0 radical (unpaired) electrons. The zero-order chi connectivity index (χ0) is 20.2. The summed E-state index contributed by atoms with van der Waals surface area (Å²) in [4.78, 5) is 6.65. The van der Waals surface area contributed by atoms with Gasteiger partial charge in [-0.1, -0.05) is 28.9 Å². The predicted octanol–water partition coefficient (Wildman–Crippen LogP) is 4.49. The van der Waals surface area contributed by atoms with Crippen LogP contribution in [0.2, 0.25) is 5.02 Å². The lowest BCUT2D eigenvalue weighted by Gasteiger charge is -2.31. The molecule has 29 heavy (non-hydrogen) atoms. The molecule has 7 nitrogen and oxygen atoms in total. The Balaban J connectivity index is 1.38. The van der Waals surface area contributed by atoms with Gasteiger partial charge in [-0.2, -0.15) is 4.98 Å². The highest BCUT2D eigenvalue weighted by Crippen LogP contribution is 2.29. The van der Waals surface area contributed by atoms with Crippen molar-refractivity contribution in [2.75, 3.05) is 37.5 Å². The molecule has 1 saturated heterocycles. The molecule has 4 rings (SSSR count). The van der Waals surface area contributed by atoms with Crippen LogP contribution in [-0.4, -0.2) is 43.5 Å². The lowest BCUT2D eigenvalue weighted by molar-refractivity contribution is 0.393. The molecule has 152 valence electrons. The molecule has 1 fully saturated rings. The van der Waals surface area contributed by atoms with Crippen molar-refractivity contribution in [1.29, 1.82) is 0 Å². The van der Waals surface area contributed by atoms with Crippen molar-refractivity contribution in [1.82, 2.24) is 10.1 Å². The second-order valence-electron chi connectivity index (χ2n) is 6.92. The second kappa shape index (κ2) is 8.61. The zero-order valence-corrected chi connectivity index (χ0v) is 17.1. The van der Waals surface area contributed by atoms with E-state index in [0.717, 1.165) is 48.7 Å². The van der Waals surface area contributed by atoms with Gasteiger partial charge in [-0.15, -0.1) is 0 Å². The van der Waals surface area contributed by atoms with Crippen molar-refractivity contribution in [3.63, 3.8) is 0 Å². The van der Waals surface area contributed by atoms with Crippen LogP contribution in [0.15, 0.2) is 47.0 Å². The molecule has 1 aromatic heterocycles. The van der Waals surface area contributed by atoms with Crippen molar-refractivity contribution in [3.05, 3.63) is 47.5 Å². The van der Waals surface area contributed by atoms with E-state index in [1.807, 2.05) is 42.5 Å². The Bertz CT molecular complexity index is 948. The van der Waals surface area contributed by atoms with Crippen LogP contribution in [0.5, 0.6) is 11.5 Å². The van der Waals surface area contributed by atoms with Gasteiger partial charge < -0.3 is 24.2 Å². The first kappa shape index (κ1) is 19.4. The molecule has 0 bridgehead atoms. The topological polar surface area (TPSA) is 72.7 Å². The molecule has 0 saturated carbocycles. The minimum Gasteiger partial charge on any atom is -0.497 e. The van der Waals surface area contributed by atoms with Gasteiger partial charge in [0, 0.05) is 53.6 Å². The van der Waals surface area contributed by atoms with Crippen LogP contribution in [0.1, 0.15) is 12.8 Å². The maximum absolute atomic E-state index is 6.05. The number of benzene rings is 2. The molecule has 0 unspecified atom stereocenters. The minimum absolute atomic E-state index is 0.346. The van der Waals surface area contributed by atoms with Crippen LogP contribution >= 0.6 is 11.6 Å². The van der Waals surface area contributed by atoms with E-state index in [0.29, 0.717) is 22.9 Å². The number of nitrogens with one attached hydrogen (secondary N) is 1. The summed E-state index contributed by atoms with van der Waals surface area (Å²) in [6.45, 7) is 1.66. The molecule has 0 amide bonds. The van der Waals surface area contributed by atoms with Crippen LogP contribution < -0.4 is 19.7 Å². The molecule has 0 atom stereocenters. The number of halogens is 1. The number of hydrogen-bond acceptors (Lipinski definition) is 7. The minimum atomic E-state index is 0.346. The molecule has 0 aliphatic carbocycles. The van der Waals surface area contributed by atoms with Crippen molar-refractivity contribution in [2.45, 2.75) is 18.9 Å². The fraction of sp³-hybridized carbons (Fsp3) is 0.333. The highest BCUT2D eigenvalue weighted by molar-refractivity contribution is 6.30. The SMILES string of the molecule is COc1cc(NC2CCN(c3nc(-c4cccc(Cl)c4)no3)CC2)cc(OC)c1. The summed E-state index contributed by atoms with van der Waals surface area (Å²) >= 11 is 6.05. The fourth-order valence-corrected chi connectivity index (χ4v) is 3.62. The Hall–Kier alpha value is -2.93. The molecule has 2 heterocycles. The highest BCUT2D eigenvalue weighted by Gasteiger charge is 2.23. The number of hydrogen-bond donors (Lipinski definition) is 1. The normalized spacial score (nSPS) is 14.7. The average molecular weight is 415 g/mol. The van der Waals surface area contributed by atoms with Gasteiger partial charge in [0.25, 0.3) is 0 Å². The Morgan fingerprint density at radius 3 is 2.45 bits per heavy atom. The number of aromatic nitrogens is 2. The first-order valence-corrected chi connectivity index (χ1v) is 9.86. The standard InChI is InChI=1S/C21H23ClN4O3/c1-27-18-11-17(12-19(13-18)28-2)23-16-6-8-26(9-7-16)21-24-20(25-29-21)14-4-3-5-15(22)10-14/h3-5,10-13,16,23H,6-9H2,1-2H3. The van der Waals surface area contributed by atoms with Gasteiger partial charge in [-0.25, -0.2) is 0 Å². The smallest absolute Gasteiger partial charge is 0.324 e. The van der Waals surface area contributed by atoms with Crippen molar-refractivity contribution in [3.8, 4) is 22.9 Å². The first-order valence-electron chi connectivity index (χ1n) is 9.49. The van der Waals surface area contributed by atoms with Crippen LogP contribution in [0.25, 0.3) is 11.4 Å². The summed E-state index contributed by atoms with van der Waals surface area (Å²) in [5.41, 5.74) is 1.83. The van der Waals surface area contributed by atoms with E-state index >= 15 is 0 Å². The van der Waals surface area contributed by atoms with Crippen LogP contribution in [0.4, 0.5) is 11.7 Å². The maximum Gasteiger partial charge on any atom is 0.324 e. The third-order valence-corrected chi connectivity index (χ3v) is 5.22. The van der Waals surface area contributed by atoms with Gasteiger partial charge in [0.1, 0.15) is 11.5 Å². The van der Waals surface area contributed by atoms with E-state index in [2.05, 4.69) is 20.4 Å². The largest absolute Gasteiger partial charge is 0.497 e. The zero-order valence-electron chi connectivity index (χ0n) is 16.4. The Kier molecular flexibility index (Phi) is 5.76. The van der Waals surface area contributed by atoms with Crippen molar-refractivity contribution >= 4 is 23.3 Å². The molecule has 0 spiro atoms. The van der Waals surface area contributed by atoms with E-state index in [1.54, 1.807) is 14.2 Å². The van der Waals surface area contributed by atoms with Gasteiger partial charge in [0.05, 0.1) is 14.2 Å². The van der Waals surface area contributed by atoms with E-state index < -0.39 is 0 Å². The summed E-state index contributed by atoms with van der Waals surface area (Å²) in [5.74, 6) is 2.08. The maximum atomic E-state index is 6.05. The number of anilines is 2. The average Bonchev–Trinajstić information content (AvgIpc) is 3.24. The lowest BCUT2D eigenvalue weighted by Crippen LogP contribution is -2.39. The Morgan fingerprint density at radius 1 is 1.07 bits per heavy atom. The van der Waals surface area contributed by atoms with Crippen LogP contribution in [0.3, 0.4) is 0 Å².